The third kappa shape index (κ3) is 5.09. The molecule has 3 aromatic rings. The van der Waals surface area contributed by atoms with Crippen molar-refractivity contribution in [1.82, 2.24) is 10.6 Å². The predicted molar refractivity (Wildman–Crippen MR) is 128 cm³/mol. The van der Waals surface area contributed by atoms with Crippen LogP contribution in [-0.4, -0.2) is 42.3 Å². The second-order valence-electron chi connectivity index (χ2n) is 8.24. The summed E-state index contributed by atoms with van der Waals surface area (Å²) in [6, 6.07) is 22.0. The number of nitrogens with one attached hydrogen (secondary N) is 2. The highest BCUT2D eigenvalue weighted by molar-refractivity contribution is 5.88. The molecule has 3 aromatic carbocycles. The van der Waals surface area contributed by atoms with Gasteiger partial charge in [-0.3, -0.25) is 4.79 Å². The molecule has 0 fully saturated rings. The summed E-state index contributed by atoms with van der Waals surface area (Å²) in [7, 11) is 0. The number of fused-ring (bicyclic) bond motifs is 3. The van der Waals surface area contributed by atoms with Crippen molar-refractivity contribution in [3.8, 4) is 11.1 Å². The van der Waals surface area contributed by atoms with Gasteiger partial charge in [0.15, 0.2) is 0 Å². The number of alkyl carbamates (subject to hydrolysis) is 1. The van der Waals surface area contributed by atoms with Crippen molar-refractivity contribution in [2.45, 2.75) is 25.3 Å². The minimum Gasteiger partial charge on any atom is -0.478 e. The smallest absolute Gasteiger partial charge is 0.407 e. The summed E-state index contributed by atoms with van der Waals surface area (Å²) in [6.45, 7) is 2.08. The predicted octanol–water partition coefficient (Wildman–Crippen LogP) is 3.97. The van der Waals surface area contributed by atoms with Crippen molar-refractivity contribution in [2.24, 2.45) is 0 Å². The summed E-state index contributed by atoms with van der Waals surface area (Å²) in [5, 5.41) is 14.4. The normalized spacial score (nSPS) is 12.9. The van der Waals surface area contributed by atoms with Crippen molar-refractivity contribution in [2.75, 3.05) is 13.2 Å². The summed E-state index contributed by atoms with van der Waals surface area (Å²) in [5.74, 6) is -1.39. The summed E-state index contributed by atoms with van der Waals surface area (Å²) in [4.78, 5) is 35.8. The van der Waals surface area contributed by atoms with Crippen LogP contribution in [0.2, 0.25) is 0 Å². The molecule has 0 unspecified atom stereocenters. The van der Waals surface area contributed by atoms with Gasteiger partial charge in [-0.05, 0) is 53.3 Å². The molecule has 4 rings (SSSR count). The lowest BCUT2D eigenvalue weighted by atomic mass is 9.98. The van der Waals surface area contributed by atoms with Crippen LogP contribution in [-0.2, 0) is 16.0 Å². The van der Waals surface area contributed by atoms with Crippen LogP contribution >= 0.6 is 0 Å². The molecule has 0 spiro atoms. The van der Waals surface area contributed by atoms with Crippen LogP contribution in [0.25, 0.3) is 11.1 Å². The molecule has 7 nitrogen and oxygen atoms in total. The summed E-state index contributed by atoms with van der Waals surface area (Å²) < 4.78 is 5.48. The van der Waals surface area contributed by atoms with Gasteiger partial charge in [-0.2, -0.15) is 0 Å². The Hall–Kier alpha value is -4.13. The van der Waals surface area contributed by atoms with E-state index in [9.17, 15) is 14.4 Å². The van der Waals surface area contributed by atoms with E-state index in [1.807, 2.05) is 36.4 Å². The Bertz CT molecular complexity index is 1180. The number of benzene rings is 3. The molecule has 0 bridgehead atoms. The highest BCUT2D eigenvalue weighted by atomic mass is 16.5. The van der Waals surface area contributed by atoms with Crippen LogP contribution in [0.5, 0.6) is 0 Å². The van der Waals surface area contributed by atoms with Crippen molar-refractivity contribution < 1.29 is 24.2 Å². The van der Waals surface area contributed by atoms with Crippen LogP contribution in [0.15, 0.2) is 72.8 Å². The van der Waals surface area contributed by atoms with Crippen molar-refractivity contribution in [3.05, 3.63) is 95.1 Å². The van der Waals surface area contributed by atoms with Gasteiger partial charge in [-0.15, -0.1) is 0 Å². The molecule has 174 valence electrons. The van der Waals surface area contributed by atoms with Gasteiger partial charge in [0.2, 0.25) is 5.91 Å². The summed E-state index contributed by atoms with van der Waals surface area (Å²) >= 11 is 0. The van der Waals surface area contributed by atoms with E-state index in [0.717, 1.165) is 27.8 Å². The van der Waals surface area contributed by atoms with Crippen LogP contribution in [0, 0.1) is 0 Å². The fourth-order valence-corrected chi connectivity index (χ4v) is 4.23. The number of hydrogen-bond donors (Lipinski definition) is 3. The number of amides is 2. The number of carboxylic acid groups (broad SMARTS) is 1. The SMILES string of the molecule is C[C@@H](NC(=O)OCC1c2ccccc2-c2ccccc21)C(=O)NCCc1cccc(C(=O)O)c1. The first-order valence-corrected chi connectivity index (χ1v) is 11.2. The number of rotatable bonds is 8. The minimum atomic E-state index is -0.994. The van der Waals surface area contributed by atoms with Gasteiger partial charge in [0.05, 0.1) is 5.56 Å². The van der Waals surface area contributed by atoms with E-state index in [1.165, 1.54) is 6.07 Å². The fraction of sp³-hybridized carbons (Fsp3) is 0.222. The molecular formula is C27H26N2O5. The Balaban J connectivity index is 1.26. The Morgan fingerprint density at radius 3 is 2.24 bits per heavy atom. The molecular weight excluding hydrogens is 432 g/mol. The van der Waals surface area contributed by atoms with Gasteiger partial charge in [0, 0.05) is 12.5 Å². The van der Waals surface area contributed by atoms with Gasteiger partial charge in [-0.1, -0.05) is 60.7 Å². The topological polar surface area (TPSA) is 105 Å². The number of carbonyl (C=O) groups is 3. The van der Waals surface area contributed by atoms with E-state index < -0.39 is 18.1 Å². The number of carboxylic acids is 1. The van der Waals surface area contributed by atoms with E-state index in [4.69, 9.17) is 9.84 Å². The van der Waals surface area contributed by atoms with Crippen LogP contribution in [0.3, 0.4) is 0 Å². The number of ether oxygens (including phenoxy) is 1. The molecule has 34 heavy (non-hydrogen) atoms. The second kappa shape index (κ2) is 10.2. The van der Waals surface area contributed by atoms with Gasteiger partial charge in [0.1, 0.15) is 12.6 Å². The molecule has 0 aliphatic heterocycles. The van der Waals surface area contributed by atoms with E-state index in [0.29, 0.717) is 13.0 Å². The van der Waals surface area contributed by atoms with Crippen molar-refractivity contribution in [3.63, 3.8) is 0 Å². The maximum Gasteiger partial charge on any atom is 0.407 e. The Kier molecular flexibility index (Phi) is 6.92. The van der Waals surface area contributed by atoms with Gasteiger partial charge in [-0.25, -0.2) is 9.59 Å². The molecule has 2 amide bonds. The molecule has 1 aliphatic carbocycles. The third-order valence-corrected chi connectivity index (χ3v) is 5.96. The molecule has 0 aromatic heterocycles. The average Bonchev–Trinajstić information content (AvgIpc) is 3.16. The van der Waals surface area contributed by atoms with Crippen molar-refractivity contribution in [1.29, 1.82) is 0 Å². The monoisotopic (exact) mass is 458 g/mol. The lowest BCUT2D eigenvalue weighted by Gasteiger charge is -2.17. The Morgan fingerprint density at radius 1 is 0.941 bits per heavy atom. The Labute approximate surface area is 197 Å². The van der Waals surface area contributed by atoms with Gasteiger partial charge < -0.3 is 20.5 Å². The molecule has 1 aliphatic rings. The molecule has 0 radical (unpaired) electrons. The summed E-state index contributed by atoms with van der Waals surface area (Å²) in [5.41, 5.74) is 5.54. The van der Waals surface area contributed by atoms with E-state index in [1.54, 1.807) is 25.1 Å². The zero-order valence-electron chi connectivity index (χ0n) is 18.8. The summed E-state index contributed by atoms with van der Waals surface area (Å²) in [6.07, 6.45) is -0.177. The number of hydrogen-bond acceptors (Lipinski definition) is 4. The lowest BCUT2D eigenvalue weighted by molar-refractivity contribution is -0.122. The standard InChI is InChI=1S/C27H26N2O5/c1-17(25(30)28-14-13-18-7-6-8-19(15-18)26(31)32)29-27(33)34-16-24-22-11-4-2-9-20(22)21-10-3-5-12-23(21)24/h2-12,15,17,24H,13-14,16H2,1H3,(H,28,30)(H,29,33)(H,31,32)/t17-/m1/s1. The first-order valence-electron chi connectivity index (χ1n) is 11.2. The minimum absolute atomic E-state index is 0.0520. The quantitative estimate of drug-likeness (QED) is 0.474. The van der Waals surface area contributed by atoms with Crippen LogP contribution in [0.4, 0.5) is 4.79 Å². The molecule has 0 saturated carbocycles. The van der Waals surface area contributed by atoms with Crippen LogP contribution in [0.1, 0.15) is 39.9 Å². The second-order valence-corrected chi connectivity index (χ2v) is 8.24. The van der Waals surface area contributed by atoms with Crippen molar-refractivity contribution >= 4 is 18.0 Å². The van der Waals surface area contributed by atoms with Gasteiger partial charge in [0.25, 0.3) is 0 Å². The Morgan fingerprint density at radius 2 is 1.59 bits per heavy atom. The maximum atomic E-state index is 12.4. The zero-order chi connectivity index (χ0) is 24.1. The van der Waals surface area contributed by atoms with E-state index in [-0.39, 0.29) is 24.0 Å². The van der Waals surface area contributed by atoms with Gasteiger partial charge >= 0.3 is 12.1 Å². The van der Waals surface area contributed by atoms with E-state index >= 15 is 0 Å². The fourth-order valence-electron chi connectivity index (χ4n) is 4.23. The number of carbonyl (C=O) groups excluding carboxylic acids is 2. The average molecular weight is 459 g/mol. The molecule has 1 atom stereocenters. The largest absolute Gasteiger partial charge is 0.478 e. The zero-order valence-corrected chi connectivity index (χ0v) is 18.8. The molecule has 0 saturated heterocycles. The molecule has 0 heterocycles. The third-order valence-electron chi connectivity index (χ3n) is 5.96. The molecule has 7 heteroatoms. The highest BCUT2D eigenvalue weighted by Gasteiger charge is 2.29. The van der Waals surface area contributed by atoms with E-state index in [2.05, 4.69) is 22.8 Å². The highest BCUT2D eigenvalue weighted by Crippen LogP contribution is 2.44. The maximum absolute atomic E-state index is 12.4. The first-order chi connectivity index (χ1) is 16.4. The lowest BCUT2D eigenvalue weighted by Crippen LogP contribution is -2.45. The number of aromatic carboxylic acids is 1. The molecule has 3 N–H and O–H groups in total. The first kappa shape index (κ1) is 23.0. The van der Waals surface area contributed by atoms with Crippen LogP contribution < -0.4 is 10.6 Å².